The Morgan fingerprint density at radius 2 is 1.83 bits per heavy atom. The summed E-state index contributed by atoms with van der Waals surface area (Å²) in [6.07, 6.45) is 11.0. The van der Waals surface area contributed by atoms with Crippen molar-refractivity contribution >= 4 is 40.7 Å². The molecule has 0 saturated carbocycles. The molecule has 0 atom stereocenters. The monoisotopic (exact) mass is 311 g/mol. The molecule has 0 saturated heterocycles. The van der Waals surface area contributed by atoms with Gasteiger partial charge in [0.25, 0.3) is 3.79 Å². The van der Waals surface area contributed by atoms with Gasteiger partial charge in [-0.3, -0.25) is 5.41 Å². The summed E-state index contributed by atoms with van der Waals surface area (Å²) in [5.41, 5.74) is 2.98. The predicted octanol–water partition coefficient (Wildman–Crippen LogP) is 5.42. The maximum Gasteiger partial charge on any atom is 0.265 e. The second kappa shape index (κ2) is 10.8. The Hall–Kier alpha value is -0.140. The van der Waals surface area contributed by atoms with Crippen molar-refractivity contribution in [3.63, 3.8) is 0 Å². The first kappa shape index (κ1) is 17.9. The first-order valence-corrected chi connectivity index (χ1v) is 7.29. The minimum atomic E-state index is -1.78. The lowest BCUT2D eigenvalue weighted by molar-refractivity contribution is 0.340. The SMILES string of the molecule is CCCCCCCC=C=CCOC(=N)C(Cl)(Cl)Cl. The summed E-state index contributed by atoms with van der Waals surface area (Å²) in [7, 11) is 0. The summed E-state index contributed by atoms with van der Waals surface area (Å²) in [6.45, 7) is 2.40. The molecule has 104 valence electrons. The first-order chi connectivity index (χ1) is 8.48. The first-order valence-electron chi connectivity index (χ1n) is 6.16. The molecule has 18 heavy (non-hydrogen) atoms. The number of alkyl halides is 3. The van der Waals surface area contributed by atoms with Crippen LogP contribution in [-0.2, 0) is 4.74 Å². The summed E-state index contributed by atoms with van der Waals surface area (Å²) in [4.78, 5) is 0. The van der Waals surface area contributed by atoms with Gasteiger partial charge in [0.05, 0.1) is 0 Å². The molecular formula is C13H20Cl3NO. The van der Waals surface area contributed by atoms with Crippen LogP contribution in [-0.4, -0.2) is 16.3 Å². The van der Waals surface area contributed by atoms with Crippen LogP contribution in [0, 0.1) is 5.41 Å². The fraction of sp³-hybridized carbons (Fsp3) is 0.692. The largest absolute Gasteiger partial charge is 0.473 e. The van der Waals surface area contributed by atoms with E-state index in [2.05, 4.69) is 12.7 Å². The van der Waals surface area contributed by atoms with E-state index < -0.39 is 3.79 Å². The molecule has 0 aromatic carbocycles. The number of rotatable bonds is 8. The maximum absolute atomic E-state index is 7.27. The molecule has 0 heterocycles. The zero-order valence-corrected chi connectivity index (χ0v) is 12.9. The summed E-state index contributed by atoms with van der Waals surface area (Å²) < 4.78 is 3.13. The van der Waals surface area contributed by atoms with Crippen LogP contribution in [0.2, 0.25) is 0 Å². The Balaban J connectivity index is 3.55. The van der Waals surface area contributed by atoms with Crippen LogP contribution in [0.3, 0.4) is 0 Å². The molecule has 0 spiro atoms. The van der Waals surface area contributed by atoms with Gasteiger partial charge in [0.1, 0.15) is 6.61 Å². The number of halogens is 3. The Morgan fingerprint density at radius 3 is 2.44 bits per heavy atom. The van der Waals surface area contributed by atoms with Gasteiger partial charge in [0.2, 0.25) is 5.90 Å². The number of nitrogens with one attached hydrogen (secondary N) is 1. The number of hydrogen-bond acceptors (Lipinski definition) is 2. The van der Waals surface area contributed by atoms with Gasteiger partial charge in [-0.1, -0.05) is 67.4 Å². The van der Waals surface area contributed by atoms with Gasteiger partial charge in [-0.05, 0) is 25.0 Å². The van der Waals surface area contributed by atoms with Crippen molar-refractivity contribution in [3.8, 4) is 0 Å². The van der Waals surface area contributed by atoms with Crippen LogP contribution in [0.25, 0.3) is 0 Å². The highest BCUT2D eigenvalue weighted by atomic mass is 35.6. The van der Waals surface area contributed by atoms with E-state index in [0.29, 0.717) is 0 Å². The molecular weight excluding hydrogens is 293 g/mol. The lowest BCUT2D eigenvalue weighted by Gasteiger charge is -2.11. The van der Waals surface area contributed by atoms with Gasteiger partial charge in [-0.2, -0.15) is 0 Å². The van der Waals surface area contributed by atoms with Gasteiger partial charge in [0, 0.05) is 0 Å². The summed E-state index contributed by atoms with van der Waals surface area (Å²) in [6, 6.07) is 0. The van der Waals surface area contributed by atoms with Crippen molar-refractivity contribution in [3.05, 3.63) is 17.9 Å². The molecule has 0 radical (unpaired) electrons. The highest BCUT2D eigenvalue weighted by Gasteiger charge is 2.28. The topological polar surface area (TPSA) is 33.1 Å². The lowest BCUT2D eigenvalue weighted by Crippen LogP contribution is -2.21. The minimum absolute atomic E-state index is 0.194. The van der Waals surface area contributed by atoms with Crippen LogP contribution in [0.15, 0.2) is 17.9 Å². The third-order valence-corrected chi connectivity index (χ3v) is 2.77. The average molecular weight is 313 g/mol. The predicted molar refractivity (Wildman–Crippen MR) is 80.0 cm³/mol. The second-order valence-electron chi connectivity index (χ2n) is 3.92. The molecule has 0 fully saturated rings. The van der Waals surface area contributed by atoms with E-state index in [-0.39, 0.29) is 12.5 Å². The third kappa shape index (κ3) is 11.0. The van der Waals surface area contributed by atoms with Gasteiger partial charge in [-0.25, -0.2) is 0 Å². The Bertz CT molecular complexity index is 291. The van der Waals surface area contributed by atoms with E-state index in [9.17, 15) is 0 Å². The standard InChI is InChI=1S/C13H20Cl3NO/c1-2-3-4-5-6-7-8-9-10-11-18-12(17)13(14,15)16/h8,10,17H,2-7,11H2,1H3. The fourth-order valence-electron chi connectivity index (χ4n) is 1.27. The number of ether oxygens (including phenoxy) is 1. The average Bonchev–Trinajstić information content (AvgIpc) is 2.30. The van der Waals surface area contributed by atoms with Gasteiger partial charge >= 0.3 is 0 Å². The molecule has 2 nitrogen and oxygen atoms in total. The third-order valence-electron chi connectivity index (χ3n) is 2.26. The summed E-state index contributed by atoms with van der Waals surface area (Å²) >= 11 is 16.3. The zero-order valence-electron chi connectivity index (χ0n) is 10.6. The lowest BCUT2D eigenvalue weighted by atomic mass is 10.1. The number of unbranched alkanes of at least 4 members (excludes halogenated alkanes) is 5. The molecule has 0 unspecified atom stereocenters. The molecule has 0 aromatic heterocycles. The Morgan fingerprint density at radius 1 is 1.17 bits per heavy atom. The fourth-order valence-corrected chi connectivity index (χ4v) is 1.44. The van der Waals surface area contributed by atoms with Gasteiger partial charge in [0.15, 0.2) is 0 Å². The van der Waals surface area contributed by atoms with Crippen LogP contribution in [0.5, 0.6) is 0 Å². The van der Waals surface area contributed by atoms with Crippen molar-refractivity contribution in [2.75, 3.05) is 6.61 Å². The van der Waals surface area contributed by atoms with E-state index >= 15 is 0 Å². The minimum Gasteiger partial charge on any atom is -0.473 e. The van der Waals surface area contributed by atoms with Crippen LogP contribution < -0.4 is 0 Å². The quantitative estimate of drug-likeness (QED) is 0.210. The van der Waals surface area contributed by atoms with Gasteiger partial charge < -0.3 is 4.74 Å². The van der Waals surface area contributed by atoms with Crippen molar-refractivity contribution in [1.29, 1.82) is 5.41 Å². The molecule has 1 N–H and O–H groups in total. The van der Waals surface area contributed by atoms with E-state index in [1.54, 1.807) is 6.08 Å². The van der Waals surface area contributed by atoms with Crippen molar-refractivity contribution in [2.24, 2.45) is 0 Å². The van der Waals surface area contributed by atoms with E-state index in [4.69, 9.17) is 44.9 Å². The smallest absolute Gasteiger partial charge is 0.265 e. The molecule has 0 aliphatic rings. The zero-order chi connectivity index (χ0) is 13.9. The molecule has 0 aliphatic heterocycles. The second-order valence-corrected chi connectivity index (χ2v) is 6.20. The normalized spacial score (nSPS) is 10.7. The van der Waals surface area contributed by atoms with E-state index in [0.717, 1.165) is 6.42 Å². The van der Waals surface area contributed by atoms with Crippen molar-refractivity contribution in [2.45, 2.75) is 49.2 Å². The molecule has 0 amide bonds. The van der Waals surface area contributed by atoms with Crippen LogP contribution in [0.1, 0.15) is 45.4 Å². The Labute approximate surface area is 124 Å². The summed E-state index contributed by atoms with van der Waals surface area (Å²) in [5, 5.41) is 7.27. The van der Waals surface area contributed by atoms with Crippen LogP contribution in [0.4, 0.5) is 0 Å². The molecule has 5 heteroatoms. The highest BCUT2D eigenvalue weighted by Crippen LogP contribution is 2.27. The maximum atomic E-state index is 7.27. The summed E-state index contributed by atoms with van der Waals surface area (Å²) in [5.74, 6) is -0.370. The molecule has 0 rings (SSSR count). The number of hydrogen-bond donors (Lipinski definition) is 1. The van der Waals surface area contributed by atoms with Crippen LogP contribution >= 0.6 is 34.8 Å². The molecule has 0 aromatic rings. The van der Waals surface area contributed by atoms with Crippen molar-refractivity contribution in [1.82, 2.24) is 0 Å². The highest BCUT2D eigenvalue weighted by molar-refractivity contribution is 6.76. The van der Waals surface area contributed by atoms with Crippen molar-refractivity contribution < 1.29 is 4.74 Å². The van der Waals surface area contributed by atoms with E-state index in [1.165, 1.54) is 32.1 Å². The molecule has 0 bridgehead atoms. The van der Waals surface area contributed by atoms with Gasteiger partial charge in [-0.15, -0.1) is 5.73 Å². The Kier molecular flexibility index (Phi) is 10.7. The van der Waals surface area contributed by atoms with E-state index in [1.807, 2.05) is 6.08 Å². The molecule has 0 aliphatic carbocycles.